The summed E-state index contributed by atoms with van der Waals surface area (Å²) < 4.78 is 41.5. The van der Waals surface area contributed by atoms with Gasteiger partial charge in [0.15, 0.2) is 0 Å². The molecule has 2 aromatic carbocycles. The van der Waals surface area contributed by atoms with Crippen LogP contribution in [-0.4, -0.2) is 58.8 Å². The van der Waals surface area contributed by atoms with E-state index in [1.54, 1.807) is 11.4 Å². The number of β-amino-alcohol motifs (C(OH)–C–C–N with tert-alkyl or cyclic N) is 1. The van der Waals surface area contributed by atoms with Crippen LogP contribution in [0.5, 0.6) is 0 Å². The first-order valence-electron chi connectivity index (χ1n) is 11.4. The van der Waals surface area contributed by atoms with Crippen molar-refractivity contribution in [2.45, 2.75) is 55.8 Å². The third-order valence-electron chi connectivity index (χ3n) is 5.33. The van der Waals surface area contributed by atoms with Gasteiger partial charge in [0.2, 0.25) is 0 Å². The maximum absolute atomic E-state index is 13.3. The number of carboxylic acids is 1. The van der Waals surface area contributed by atoms with Crippen LogP contribution < -0.4 is 10.6 Å². The predicted molar refractivity (Wildman–Crippen MR) is 134 cm³/mol. The van der Waals surface area contributed by atoms with Gasteiger partial charge in [0.05, 0.1) is 11.7 Å². The van der Waals surface area contributed by atoms with Gasteiger partial charge in [-0.2, -0.15) is 13.2 Å². The van der Waals surface area contributed by atoms with Crippen molar-refractivity contribution in [3.8, 4) is 0 Å². The monoisotopic (exact) mass is 513 g/mol. The maximum Gasteiger partial charge on any atom is 0.416 e. The van der Waals surface area contributed by atoms with Gasteiger partial charge in [-0.15, -0.1) is 0 Å². The summed E-state index contributed by atoms with van der Waals surface area (Å²) in [5, 5.41) is 25.1. The number of nitrogens with zero attached hydrogens (tertiary/aromatic N) is 1. The van der Waals surface area contributed by atoms with Gasteiger partial charge in [0.25, 0.3) is 0 Å². The molecule has 0 aliphatic rings. The maximum atomic E-state index is 13.3. The highest BCUT2D eigenvalue weighted by Crippen LogP contribution is 2.35. The second-order valence-electron chi connectivity index (χ2n) is 9.15. The molecule has 35 heavy (non-hydrogen) atoms. The molecule has 0 spiro atoms. The van der Waals surface area contributed by atoms with Crippen LogP contribution in [0, 0.1) is 0 Å². The molecule has 1 atom stereocenters. The lowest BCUT2D eigenvalue weighted by Crippen LogP contribution is -2.45. The molecule has 0 amide bonds. The summed E-state index contributed by atoms with van der Waals surface area (Å²) in [5.41, 5.74) is 0.312. The average Bonchev–Trinajstić information content (AvgIpc) is 2.76. The summed E-state index contributed by atoms with van der Waals surface area (Å²) in [6, 6.07) is 13.6. The Morgan fingerprint density at radius 2 is 1.83 bits per heavy atom. The van der Waals surface area contributed by atoms with Gasteiger partial charge in [-0.3, -0.25) is 4.79 Å². The van der Waals surface area contributed by atoms with Crippen LogP contribution in [0.4, 0.5) is 18.9 Å². The predicted octanol–water partition coefficient (Wildman–Crippen LogP) is 4.89. The number of hydrogen-bond donors (Lipinski definition) is 4. The molecule has 194 valence electrons. The van der Waals surface area contributed by atoms with Gasteiger partial charge in [0.1, 0.15) is 6.54 Å². The summed E-state index contributed by atoms with van der Waals surface area (Å²) >= 11 is 1.05. The molecule has 2 aromatic rings. The van der Waals surface area contributed by atoms with Crippen LogP contribution in [0.3, 0.4) is 0 Å². The molecule has 6 nitrogen and oxygen atoms in total. The van der Waals surface area contributed by atoms with Crippen molar-refractivity contribution in [1.29, 1.82) is 0 Å². The molecule has 0 bridgehead atoms. The van der Waals surface area contributed by atoms with Gasteiger partial charge in [-0.25, -0.2) is 4.31 Å². The summed E-state index contributed by atoms with van der Waals surface area (Å²) in [4.78, 5) is 11.1. The number of hydrogen-bond acceptors (Lipinski definition) is 6. The number of rotatable bonds is 14. The first-order chi connectivity index (χ1) is 16.3. The van der Waals surface area contributed by atoms with E-state index in [1.165, 1.54) is 11.6 Å². The van der Waals surface area contributed by atoms with E-state index in [0.717, 1.165) is 43.3 Å². The van der Waals surface area contributed by atoms with Crippen molar-refractivity contribution in [2.75, 3.05) is 32.0 Å². The van der Waals surface area contributed by atoms with E-state index in [-0.39, 0.29) is 22.7 Å². The van der Waals surface area contributed by atoms with Crippen molar-refractivity contribution in [1.82, 2.24) is 9.62 Å². The molecule has 0 aliphatic carbocycles. The van der Waals surface area contributed by atoms with Crippen molar-refractivity contribution in [3.05, 3.63) is 59.7 Å². The highest BCUT2D eigenvalue weighted by molar-refractivity contribution is 7.97. The molecule has 0 unspecified atom stereocenters. The second-order valence-corrected chi connectivity index (χ2v) is 10.4. The van der Waals surface area contributed by atoms with Gasteiger partial charge >= 0.3 is 12.1 Å². The van der Waals surface area contributed by atoms with E-state index >= 15 is 0 Å². The van der Waals surface area contributed by atoms with Gasteiger partial charge in [-0.1, -0.05) is 30.3 Å². The summed E-state index contributed by atoms with van der Waals surface area (Å²) in [6.45, 7) is 4.24. The third-order valence-corrected chi connectivity index (χ3v) is 6.24. The Morgan fingerprint density at radius 3 is 2.46 bits per heavy atom. The Kier molecular flexibility index (Phi) is 10.9. The van der Waals surface area contributed by atoms with Crippen molar-refractivity contribution >= 4 is 23.6 Å². The summed E-state index contributed by atoms with van der Waals surface area (Å²) in [7, 11) is 1.68. The number of likely N-dealkylation sites (N-methyl/N-ethyl adjacent to an activating group) is 1. The van der Waals surface area contributed by atoms with E-state index in [2.05, 4.69) is 36.6 Å². The Morgan fingerprint density at radius 1 is 1.14 bits per heavy atom. The molecule has 0 fully saturated rings. The van der Waals surface area contributed by atoms with Gasteiger partial charge in [-0.05, 0) is 75.9 Å². The van der Waals surface area contributed by atoms with Crippen molar-refractivity contribution < 1.29 is 28.2 Å². The molecule has 2 rings (SSSR count). The van der Waals surface area contributed by atoms with Crippen LogP contribution in [0.2, 0.25) is 0 Å². The number of aliphatic carboxylic acids is 1. The van der Waals surface area contributed by atoms with E-state index < -0.39 is 30.4 Å². The van der Waals surface area contributed by atoms with Crippen LogP contribution >= 0.6 is 11.9 Å². The Balaban J connectivity index is 1.86. The van der Waals surface area contributed by atoms with Crippen LogP contribution in [0.25, 0.3) is 0 Å². The van der Waals surface area contributed by atoms with Crippen LogP contribution in [-0.2, 0) is 17.4 Å². The number of aryl methyl sites for hydroxylation is 1. The average molecular weight is 514 g/mol. The fourth-order valence-corrected chi connectivity index (χ4v) is 4.50. The number of halogens is 3. The van der Waals surface area contributed by atoms with Crippen LogP contribution in [0.1, 0.15) is 37.8 Å². The normalized spacial score (nSPS) is 13.1. The minimum atomic E-state index is -4.57. The number of anilines is 1. The molecule has 0 aliphatic heterocycles. The number of nitrogens with one attached hydrogen (secondary N) is 2. The fraction of sp³-hybridized carbons (Fsp3) is 0.480. The Bertz CT molecular complexity index is 943. The number of benzene rings is 2. The molecule has 10 heteroatoms. The lowest BCUT2D eigenvalue weighted by atomic mass is 9.95. The largest absolute Gasteiger partial charge is 0.480 e. The first kappa shape index (κ1) is 29.0. The van der Waals surface area contributed by atoms with E-state index in [9.17, 15) is 23.1 Å². The number of aliphatic hydroxyl groups is 1. The molecule has 0 radical (unpaired) electrons. The quantitative estimate of drug-likeness (QED) is 0.268. The van der Waals surface area contributed by atoms with Gasteiger partial charge in [0, 0.05) is 29.2 Å². The number of alkyl halides is 3. The zero-order chi connectivity index (χ0) is 26.1. The lowest BCUT2D eigenvalue weighted by Gasteiger charge is -2.29. The zero-order valence-electron chi connectivity index (χ0n) is 20.2. The molecule has 0 heterocycles. The van der Waals surface area contributed by atoms with E-state index in [0.29, 0.717) is 6.54 Å². The summed E-state index contributed by atoms with van der Waals surface area (Å²) in [6.07, 6.45) is -2.38. The number of carboxylic acid groups (broad SMARTS) is 1. The number of aliphatic hydroxyl groups excluding tert-OH is 1. The summed E-state index contributed by atoms with van der Waals surface area (Å²) in [5.74, 6) is -1.17. The van der Waals surface area contributed by atoms with Crippen molar-refractivity contribution in [3.63, 3.8) is 0 Å². The smallest absolute Gasteiger partial charge is 0.416 e. The Hall–Kier alpha value is -2.27. The van der Waals surface area contributed by atoms with E-state index in [4.69, 9.17) is 5.11 Å². The number of carbonyl (C=O) groups is 1. The van der Waals surface area contributed by atoms with Crippen LogP contribution in [0.15, 0.2) is 53.4 Å². The highest BCUT2D eigenvalue weighted by atomic mass is 32.2. The lowest BCUT2D eigenvalue weighted by molar-refractivity contribution is -0.137. The SMILES string of the molecule is CN(C[C@H](O)CNC(C)(C)CCCc1ccccc1)Sc1cc(NCC(=O)O)cc(C(F)(F)F)c1. The van der Waals surface area contributed by atoms with Crippen molar-refractivity contribution in [2.24, 2.45) is 0 Å². The standard InChI is InChI=1S/C25H34F3N3O3S/c1-24(2,11-7-10-18-8-5-4-6-9-18)30-15-21(32)17-31(3)35-22-13-19(25(26,27)28)12-20(14-22)29-16-23(33)34/h4-6,8-9,12-14,21,29-30,32H,7,10-11,15-17H2,1-3H3,(H,33,34)/t21-/m1/s1. The minimum absolute atomic E-state index is 0.0672. The zero-order valence-corrected chi connectivity index (χ0v) is 21.0. The fourth-order valence-electron chi connectivity index (χ4n) is 3.54. The first-order valence-corrected chi connectivity index (χ1v) is 12.2. The third kappa shape index (κ3) is 11.3. The molecular formula is C25H34F3N3O3S. The molecule has 4 N–H and O–H groups in total. The topological polar surface area (TPSA) is 84.8 Å². The Labute approximate surface area is 209 Å². The molecule has 0 aromatic heterocycles. The minimum Gasteiger partial charge on any atom is -0.480 e. The molecule has 0 saturated carbocycles. The molecule has 0 saturated heterocycles. The van der Waals surface area contributed by atoms with E-state index in [1.807, 2.05) is 18.2 Å². The van der Waals surface area contributed by atoms with Gasteiger partial charge < -0.3 is 20.8 Å². The second kappa shape index (κ2) is 13.2. The molecular weight excluding hydrogens is 479 g/mol. The highest BCUT2D eigenvalue weighted by Gasteiger charge is 2.31.